The normalized spacial score (nSPS) is 16.1. The number of benzene rings is 1. The van der Waals surface area contributed by atoms with Crippen LogP contribution in [-0.2, 0) is 0 Å². The summed E-state index contributed by atoms with van der Waals surface area (Å²) in [6.07, 6.45) is -0.525. The molecule has 1 aliphatic rings. The lowest BCUT2D eigenvalue weighted by molar-refractivity contribution is -0.274. The van der Waals surface area contributed by atoms with Gasteiger partial charge in [-0.15, -0.1) is 13.2 Å². The van der Waals surface area contributed by atoms with Crippen LogP contribution >= 0.6 is 0 Å². The van der Waals surface area contributed by atoms with Crippen molar-refractivity contribution in [1.29, 1.82) is 0 Å². The summed E-state index contributed by atoms with van der Waals surface area (Å²) in [4.78, 5) is 10.9. The summed E-state index contributed by atoms with van der Waals surface area (Å²) in [7, 11) is 0. The number of aromatic nitrogens is 2. The summed E-state index contributed by atoms with van der Waals surface area (Å²) in [6.45, 7) is 2.02. The van der Waals surface area contributed by atoms with Crippen molar-refractivity contribution in [3.05, 3.63) is 42.1 Å². The van der Waals surface area contributed by atoms with Gasteiger partial charge in [-0.1, -0.05) is 12.1 Å². The van der Waals surface area contributed by atoms with Crippen LogP contribution in [0.1, 0.15) is 30.9 Å². The number of halogens is 3. The summed E-state index contributed by atoms with van der Waals surface area (Å²) in [5.41, 5.74) is 0.474. The highest BCUT2D eigenvalue weighted by Crippen LogP contribution is 2.24. The first-order chi connectivity index (χ1) is 12.9. The van der Waals surface area contributed by atoms with Gasteiger partial charge in [0.25, 0.3) is 0 Å². The second kappa shape index (κ2) is 8.43. The largest absolute Gasteiger partial charge is 0.573 e. The van der Waals surface area contributed by atoms with E-state index >= 15 is 0 Å². The number of anilines is 2. The number of hydrogen-bond acceptors (Lipinski definition) is 6. The van der Waals surface area contributed by atoms with Crippen molar-refractivity contribution in [1.82, 2.24) is 9.97 Å². The minimum Gasteiger partial charge on any atom is -0.406 e. The summed E-state index contributed by atoms with van der Waals surface area (Å²) in [6, 6.07) is 6.84. The van der Waals surface area contributed by atoms with E-state index in [0.717, 1.165) is 25.9 Å². The highest BCUT2D eigenvalue weighted by Gasteiger charge is 2.31. The lowest BCUT2D eigenvalue weighted by atomic mass is 10.1. The van der Waals surface area contributed by atoms with Crippen LogP contribution in [-0.4, -0.2) is 41.1 Å². The standard InChI is InChI=1S/C18H21F3N4O2/c19-18(20,21)27-14-6-4-13(5-7-14)15(26)12-23-16-8-9-22-17(24-16)25-10-2-1-3-11-25/h4-9,15,26H,1-3,10-12H2,(H,22,23,24). The van der Waals surface area contributed by atoms with Crippen molar-refractivity contribution >= 4 is 11.8 Å². The number of rotatable bonds is 6. The molecule has 1 unspecified atom stereocenters. The number of aliphatic hydroxyl groups excluding tert-OH is 1. The Labute approximate surface area is 155 Å². The molecule has 0 bridgehead atoms. The van der Waals surface area contributed by atoms with Gasteiger partial charge in [0.15, 0.2) is 0 Å². The van der Waals surface area contributed by atoms with Crippen LogP contribution in [0.15, 0.2) is 36.5 Å². The molecule has 0 aliphatic carbocycles. The maximum Gasteiger partial charge on any atom is 0.573 e. The SMILES string of the molecule is OC(CNc1ccnc(N2CCCCC2)n1)c1ccc(OC(F)(F)F)cc1. The van der Waals surface area contributed by atoms with Gasteiger partial charge in [0, 0.05) is 25.8 Å². The lowest BCUT2D eigenvalue weighted by Gasteiger charge is -2.26. The topological polar surface area (TPSA) is 70.5 Å². The van der Waals surface area contributed by atoms with Gasteiger partial charge in [-0.25, -0.2) is 4.98 Å². The zero-order valence-electron chi connectivity index (χ0n) is 14.6. The second-order valence-electron chi connectivity index (χ2n) is 6.30. The van der Waals surface area contributed by atoms with E-state index in [1.54, 1.807) is 12.3 Å². The fourth-order valence-electron chi connectivity index (χ4n) is 2.90. The Morgan fingerprint density at radius 2 is 1.81 bits per heavy atom. The number of nitrogens with zero attached hydrogens (tertiary/aromatic N) is 3. The van der Waals surface area contributed by atoms with Crippen LogP contribution in [0, 0.1) is 0 Å². The monoisotopic (exact) mass is 382 g/mol. The molecular weight excluding hydrogens is 361 g/mol. The van der Waals surface area contributed by atoms with E-state index in [1.807, 2.05) is 0 Å². The fraction of sp³-hybridized carbons (Fsp3) is 0.444. The zero-order chi connectivity index (χ0) is 19.3. The molecule has 1 saturated heterocycles. The molecule has 146 valence electrons. The quantitative estimate of drug-likeness (QED) is 0.797. The van der Waals surface area contributed by atoms with E-state index in [-0.39, 0.29) is 12.3 Å². The molecule has 1 atom stereocenters. The number of nitrogens with one attached hydrogen (secondary N) is 1. The highest BCUT2D eigenvalue weighted by molar-refractivity contribution is 5.42. The molecule has 1 fully saturated rings. The third-order valence-electron chi connectivity index (χ3n) is 4.26. The number of piperidine rings is 1. The van der Waals surface area contributed by atoms with Gasteiger partial charge in [-0.3, -0.25) is 0 Å². The maximum absolute atomic E-state index is 12.2. The van der Waals surface area contributed by atoms with Gasteiger partial charge in [-0.2, -0.15) is 4.98 Å². The number of aliphatic hydroxyl groups is 1. The highest BCUT2D eigenvalue weighted by atomic mass is 19.4. The molecule has 2 heterocycles. The van der Waals surface area contributed by atoms with Gasteiger partial charge in [0.2, 0.25) is 5.95 Å². The Balaban J connectivity index is 1.56. The minimum absolute atomic E-state index is 0.163. The molecule has 1 aromatic carbocycles. The van der Waals surface area contributed by atoms with E-state index < -0.39 is 12.5 Å². The van der Waals surface area contributed by atoms with Crippen molar-refractivity contribution in [2.24, 2.45) is 0 Å². The molecule has 6 nitrogen and oxygen atoms in total. The summed E-state index contributed by atoms with van der Waals surface area (Å²) >= 11 is 0. The first-order valence-electron chi connectivity index (χ1n) is 8.76. The maximum atomic E-state index is 12.2. The number of hydrogen-bond donors (Lipinski definition) is 2. The van der Waals surface area contributed by atoms with Gasteiger partial charge in [0.05, 0.1) is 6.10 Å². The van der Waals surface area contributed by atoms with Gasteiger partial charge in [0.1, 0.15) is 11.6 Å². The molecule has 0 spiro atoms. The average molecular weight is 382 g/mol. The number of ether oxygens (including phenoxy) is 1. The van der Waals surface area contributed by atoms with Gasteiger partial charge >= 0.3 is 6.36 Å². The molecule has 2 aromatic rings. The van der Waals surface area contributed by atoms with E-state index in [1.165, 1.54) is 30.7 Å². The summed E-state index contributed by atoms with van der Waals surface area (Å²) in [5, 5.41) is 13.3. The molecule has 1 aromatic heterocycles. The van der Waals surface area contributed by atoms with Crippen molar-refractivity contribution in [2.45, 2.75) is 31.7 Å². The Bertz CT molecular complexity index is 734. The third-order valence-corrected chi connectivity index (χ3v) is 4.26. The van der Waals surface area contributed by atoms with E-state index in [2.05, 4.69) is 24.9 Å². The molecule has 27 heavy (non-hydrogen) atoms. The van der Waals surface area contributed by atoms with Crippen LogP contribution in [0.3, 0.4) is 0 Å². The summed E-state index contributed by atoms with van der Waals surface area (Å²) in [5.74, 6) is 0.915. The van der Waals surface area contributed by atoms with E-state index in [0.29, 0.717) is 17.3 Å². The van der Waals surface area contributed by atoms with E-state index in [9.17, 15) is 18.3 Å². The van der Waals surface area contributed by atoms with Crippen LogP contribution in [0.5, 0.6) is 5.75 Å². The van der Waals surface area contributed by atoms with Crippen molar-refractivity contribution in [3.8, 4) is 5.75 Å². The van der Waals surface area contributed by atoms with Crippen LogP contribution < -0.4 is 15.0 Å². The van der Waals surface area contributed by atoms with Crippen molar-refractivity contribution in [3.63, 3.8) is 0 Å². The molecule has 0 amide bonds. The summed E-state index contributed by atoms with van der Waals surface area (Å²) < 4.78 is 40.4. The second-order valence-corrected chi connectivity index (χ2v) is 6.30. The van der Waals surface area contributed by atoms with Crippen molar-refractivity contribution < 1.29 is 23.0 Å². The first-order valence-corrected chi connectivity index (χ1v) is 8.76. The van der Waals surface area contributed by atoms with E-state index in [4.69, 9.17) is 0 Å². The lowest BCUT2D eigenvalue weighted by Crippen LogP contribution is -2.31. The smallest absolute Gasteiger partial charge is 0.406 e. The fourth-order valence-corrected chi connectivity index (χ4v) is 2.90. The predicted octanol–water partition coefficient (Wildman–Crippen LogP) is 3.51. The van der Waals surface area contributed by atoms with Crippen LogP contribution in [0.4, 0.5) is 24.9 Å². The zero-order valence-corrected chi connectivity index (χ0v) is 14.6. The number of alkyl halides is 3. The Morgan fingerprint density at radius 1 is 1.11 bits per heavy atom. The average Bonchev–Trinajstić information content (AvgIpc) is 2.66. The molecule has 0 saturated carbocycles. The Hall–Kier alpha value is -2.55. The molecule has 3 rings (SSSR count). The molecule has 1 aliphatic heterocycles. The third kappa shape index (κ3) is 5.72. The molecule has 2 N–H and O–H groups in total. The van der Waals surface area contributed by atoms with Crippen LogP contribution in [0.2, 0.25) is 0 Å². The Kier molecular flexibility index (Phi) is 6.00. The minimum atomic E-state index is -4.74. The van der Waals surface area contributed by atoms with Gasteiger partial charge < -0.3 is 20.1 Å². The predicted molar refractivity (Wildman–Crippen MR) is 94.7 cm³/mol. The molecule has 0 radical (unpaired) electrons. The first kappa shape index (κ1) is 19.2. The molecule has 9 heteroatoms. The Morgan fingerprint density at radius 3 is 2.48 bits per heavy atom. The van der Waals surface area contributed by atoms with Crippen molar-refractivity contribution in [2.75, 3.05) is 29.9 Å². The molecular formula is C18H21F3N4O2. The van der Waals surface area contributed by atoms with Gasteiger partial charge in [-0.05, 0) is 43.0 Å². The van der Waals surface area contributed by atoms with Crippen LogP contribution in [0.25, 0.3) is 0 Å².